The maximum absolute atomic E-state index is 5.43. The number of anilines is 2. The average Bonchev–Trinajstić information content (AvgIpc) is 3.01. The Hall–Kier alpha value is -2.53. The third-order valence-electron chi connectivity index (χ3n) is 5.74. The topological polar surface area (TPSA) is 33.5 Å². The van der Waals surface area contributed by atoms with Crippen molar-refractivity contribution in [3.8, 4) is 0 Å². The number of ether oxygens (including phenoxy) is 1. The minimum Gasteiger partial charge on any atom is -0.378 e. The van der Waals surface area contributed by atoms with E-state index in [1.54, 1.807) is 0 Å². The van der Waals surface area contributed by atoms with Crippen molar-refractivity contribution in [2.24, 2.45) is 7.05 Å². The molecule has 1 saturated heterocycles. The van der Waals surface area contributed by atoms with Crippen LogP contribution in [0.2, 0.25) is 0 Å². The van der Waals surface area contributed by atoms with Crippen LogP contribution in [0, 0.1) is 0 Å². The second-order valence-electron chi connectivity index (χ2n) is 7.15. The summed E-state index contributed by atoms with van der Waals surface area (Å²) in [6.07, 6.45) is 3.10. The van der Waals surface area contributed by atoms with Crippen LogP contribution < -0.4 is 9.80 Å². The van der Waals surface area contributed by atoms with Crippen LogP contribution in [0.5, 0.6) is 0 Å². The molecule has 0 spiro atoms. The van der Waals surface area contributed by atoms with E-state index in [0.717, 1.165) is 51.6 Å². The first-order chi connectivity index (χ1) is 12.8. The highest BCUT2D eigenvalue weighted by molar-refractivity contribution is 5.86. The predicted octanol–water partition coefficient (Wildman–Crippen LogP) is 2.97. The van der Waals surface area contributed by atoms with Crippen molar-refractivity contribution in [2.75, 3.05) is 42.6 Å². The van der Waals surface area contributed by atoms with Crippen LogP contribution in [0.4, 0.5) is 11.5 Å². The fraction of sp³-hybridized carbons (Fsp3) is 0.381. The smallest absolute Gasteiger partial charge is 0.128 e. The van der Waals surface area contributed by atoms with Gasteiger partial charge in [0.15, 0.2) is 0 Å². The van der Waals surface area contributed by atoms with Gasteiger partial charge < -0.3 is 19.1 Å². The number of para-hydroxylation sites is 1. The van der Waals surface area contributed by atoms with Gasteiger partial charge in [-0.3, -0.25) is 0 Å². The van der Waals surface area contributed by atoms with Crippen LogP contribution in [0.25, 0.3) is 10.9 Å². The third kappa shape index (κ3) is 2.54. The van der Waals surface area contributed by atoms with Gasteiger partial charge in [0, 0.05) is 61.8 Å². The molecule has 2 aliphatic heterocycles. The van der Waals surface area contributed by atoms with Crippen LogP contribution in [0.15, 0.2) is 42.6 Å². The Labute approximate surface area is 153 Å². The number of fused-ring (bicyclic) bond motifs is 3. The lowest BCUT2D eigenvalue weighted by Gasteiger charge is -2.31. The van der Waals surface area contributed by atoms with Gasteiger partial charge in [-0.15, -0.1) is 0 Å². The lowest BCUT2D eigenvalue weighted by Crippen LogP contribution is -2.36. The fourth-order valence-corrected chi connectivity index (χ4v) is 4.30. The van der Waals surface area contributed by atoms with E-state index in [0.29, 0.717) is 0 Å². The number of hydrogen-bond donors (Lipinski definition) is 0. The second kappa shape index (κ2) is 6.32. The Balaban J connectivity index is 1.41. The largest absolute Gasteiger partial charge is 0.378 e. The van der Waals surface area contributed by atoms with Gasteiger partial charge in [-0.2, -0.15) is 0 Å². The van der Waals surface area contributed by atoms with Gasteiger partial charge in [0.2, 0.25) is 0 Å². The number of nitrogens with zero attached hydrogens (tertiary/aromatic N) is 4. The molecule has 0 N–H and O–H groups in total. The molecular formula is C21H24N4O. The molecule has 0 aliphatic carbocycles. The molecule has 0 saturated carbocycles. The van der Waals surface area contributed by atoms with E-state index in [-0.39, 0.29) is 0 Å². The summed E-state index contributed by atoms with van der Waals surface area (Å²) in [4.78, 5) is 9.47. The molecule has 26 heavy (non-hydrogen) atoms. The van der Waals surface area contributed by atoms with E-state index in [1.807, 2.05) is 6.20 Å². The Bertz CT molecular complexity index is 925. The number of pyridine rings is 1. The number of aromatic nitrogens is 2. The molecular weight excluding hydrogens is 324 g/mol. The van der Waals surface area contributed by atoms with Gasteiger partial charge in [0.05, 0.1) is 25.1 Å². The van der Waals surface area contributed by atoms with E-state index < -0.39 is 0 Å². The number of benzene rings is 1. The Kier molecular flexibility index (Phi) is 3.82. The van der Waals surface area contributed by atoms with Gasteiger partial charge in [0.1, 0.15) is 5.82 Å². The third-order valence-corrected chi connectivity index (χ3v) is 5.74. The number of morpholine rings is 1. The standard InChI is InChI=1S/C21H24N4O/c1-23-19-5-3-2-4-17(19)18-15-25(9-8-20(18)23)16-6-7-21(22-14-16)24-10-12-26-13-11-24/h2-7,14H,8-13,15H2,1H3. The first kappa shape index (κ1) is 15.7. The summed E-state index contributed by atoms with van der Waals surface area (Å²) in [6, 6.07) is 13.1. The van der Waals surface area contributed by atoms with Gasteiger partial charge >= 0.3 is 0 Å². The van der Waals surface area contributed by atoms with E-state index in [2.05, 4.69) is 57.8 Å². The monoisotopic (exact) mass is 348 g/mol. The molecule has 0 atom stereocenters. The van der Waals surface area contributed by atoms with Gasteiger partial charge in [-0.25, -0.2) is 4.98 Å². The molecule has 0 radical (unpaired) electrons. The number of rotatable bonds is 2. The minimum atomic E-state index is 0.791. The van der Waals surface area contributed by atoms with Crippen molar-refractivity contribution in [2.45, 2.75) is 13.0 Å². The second-order valence-corrected chi connectivity index (χ2v) is 7.15. The summed E-state index contributed by atoms with van der Waals surface area (Å²) < 4.78 is 7.79. The lowest BCUT2D eigenvalue weighted by atomic mass is 10.0. The lowest BCUT2D eigenvalue weighted by molar-refractivity contribution is 0.122. The zero-order valence-corrected chi connectivity index (χ0v) is 15.2. The van der Waals surface area contributed by atoms with Crippen LogP contribution >= 0.6 is 0 Å². The number of hydrogen-bond acceptors (Lipinski definition) is 4. The molecule has 5 nitrogen and oxygen atoms in total. The zero-order chi connectivity index (χ0) is 17.5. The van der Waals surface area contributed by atoms with Crippen molar-refractivity contribution in [1.29, 1.82) is 0 Å². The normalized spacial score (nSPS) is 17.6. The van der Waals surface area contributed by atoms with Crippen molar-refractivity contribution < 1.29 is 4.74 Å². The van der Waals surface area contributed by atoms with E-state index in [4.69, 9.17) is 9.72 Å². The molecule has 2 aliphatic rings. The van der Waals surface area contributed by atoms with Crippen LogP contribution in [-0.4, -0.2) is 42.4 Å². The quantitative estimate of drug-likeness (QED) is 0.713. The van der Waals surface area contributed by atoms with Crippen LogP contribution in [-0.2, 0) is 24.8 Å². The molecule has 134 valence electrons. The first-order valence-electron chi connectivity index (χ1n) is 9.40. The molecule has 3 aromatic rings. The Morgan fingerprint density at radius 3 is 2.62 bits per heavy atom. The van der Waals surface area contributed by atoms with Crippen molar-refractivity contribution >= 4 is 22.4 Å². The summed E-state index contributed by atoms with van der Waals surface area (Å²) in [6.45, 7) is 5.43. The van der Waals surface area contributed by atoms with Crippen LogP contribution in [0.1, 0.15) is 11.3 Å². The predicted molar refractivity (Wildman–Crippen MR) is 105 cm³/mol. The first-order valence-corrected chi connectivity index (χ1v) is 9.40. The highest BCUT2D eigenvalue weighted by Crippen LogP contribution is 2.32. The highest BCUT2D eigenvalue weighted by Gasteiger charge is 2.23. The summed E-state index contributed by atoms with van der Waals surface area (Å²) in [5.74, 6) is 1.06. The van der Waals surface area contributed by atoms with E-state index in [9.17, 15) is 0 Å². The molecule has 2 aromatic heterocycles. The summed E-state index contributed by atoms with van der Waals surface area (Å²) in [5, 5.41) is 1.38. The maximum atomic E-state index is 5.43. The summed E-state index contributed by atoms with van der Waals surface area (Å²) >= 11 is 0. The van der Waals surface area contributed by atoms with Gasteiger partial charge in [0.25, 0.3) is 0 Å². The SMILES string of the molecule is Cn1c2c(c3ccccc31)CN(c1ccc(N3CCOCC3)nc1)CC2. The zero-order valence-electron chi connectivity index (χ0n) is 15.2. The van der Waals surface area contributed by atoms with E-state index in [1.165, 1.54) is 27.8 Å². The van der Waals surface area contributed by atoms with Crippen molar-refractivity contribution in [3.05, 3.63) is 53.9 Å². The molecule has 1 aromatic carbocycles. The molecule has 4 heterocycles. The summed E-state index contributed by atoms with van der Waals surface area (Å²) in [5.41, 5.74) is 5.48. The van der Waals surface area contributed by atoms with E-state index >= 15 is 0 Å². The highest BCUT2D eigenvalue weighted by atomic mass is 16.5. The fourth-order valence-electron chi connectivity index (χ4n) is 4.30. The average molecular weight is 348 g/mol. The maximum Gasteiger partial charge on any atom is 0.128 e. The van der Waals surface area contributed by atoms with Crippen LogP contribution in [0.3, 0.4) is 0 Å². The summed E-state index contributed by atoms with van der Waals surface area (Å²) in [7, 11) is 2.19. The van der Waals surface area contributed by atoms with Gasteiger partial charge in [-0.05, 0) is 18.2 Å². The number of aryl methyl sites for hydroxylation is 1. The van der Waals surface area contributed by atoms with Crippen molar-refractivity contribution in [3.63, 3.8) is 0 Å². The van der Waals surface area contributed by atoms with Gasteiger partial charge in [-0.1, -0.05) is 18.2 Å². The Morgan fingerprint density at radius 2 is 1.81 bits per heavy atom. The molecule has 1 fully saturated rings. The molecule has 0 unspecified atom stereocenters. The molecule has 5 rings (SSSR count). The minimum absolute atomic E-state index is 0.791. The molecule has 0 amide bonds. The Morgan fingerprint density at radius 1 is 0.962 bits per heavy atom. The van der Waals surface area contributed by atoms with Crippen molar-refractivity contribution in [1.82, 2.24) is 9.55 Å². The molecule has 0 bridgehead atoms. The molecule has 5 heteroatoms.